The van der Waals surface area contributed by atoms with Crippen molar-refractivity contribution in [2.75, 3.05) is 6.54 Å². The van der Waals surface area contributed by atoms with Crippen LogP contribution in [0.2, 0.25) is 0 Å². The normalized spacial score (nSPS) is 10.9. The third kappa shape index (κ3) is 3.99. The number of para-hydroxylation sites is 1. The molecular weight excluding hydrogens is 329 g/mol. The minimum Gasteiger partial charge on any atom is -0.351 e. The molecule has 1 aromatic heterocycles. The molecule has 134 valence electrons. The van der Waals surface area contributed by atoms with E-state index in [-0.39, 0.29) is 11.7 Å². The quantitative estimate of drug-likeness (QED) is 0.713. The number of carbonyl (C=O) groups excluding carboxylic acids is 1. The lowest BCUT2D eigenvalue weighted by molar-refractivity contribution is 0.0944. The summed E-state index contributed by atoms with van der Waals surface area (Å²) < 4.78 is 15.7. The largest absolute Gasteiger partial charge is 0.351 e. The maximum atomic E-state index is 14.2. The van der Waals surface area contributed by atoms with E-state index in [1.807, 2.05) is 30.3 Å². The maximum Gasteiger partial charge on any atom is 0.270 e. The molecule has 0 aliphatic rings. The fourth-order valence-corrected chi connectivity index (χ4v) is 2.67. The zero-order valence-electron chi connectivity index (χ0n) is 14.9. The number of aromatic nitrogens is 2. The van der Waals surface area contributed by atoms with Crippen LogP contribution in [-0.4, -0.2) is 22.2 Å². The first-order valence-corrected chi connectivity index (χ1v) is 8.75. The predicted molar refractivity (Wildman–Crippen MR) is 101 cm³/mol. The highest BCUT2D eigenvalue weighted by Gasteiger charge is 2.18. The second-order valence-electron chi connectivity index (χ2n) is 6.58. The minimum atomic E-state index is -0.364. The lowest BCUT2D eigenvalue weighted by Gasteiger charge is -2.09. The highest BCUT2D eigenvalue weighted by atomic mass is 19.1. The van der Waals surface area contributed by atoms with E-state index in [0.29, 0.717) is 29.4 Å². The van der Waals surface area contributed by atoms with Crippen LogP contribution >= 0.6 is 0 Å². The van der Waals surface area contributed by atoms with Gasteiger partial charge in [-0.2, -0.15) is 5.10 Å². The van der Waals surface area contributed by atoms with Crippen molar-refractivity contribution in [2.24, 2.45) is 5.92 Å². The van der Waals surface area contributed by atoms with E-state index in [2.05, 4.69) is 24.3 Å². The fraction of sp³-hybridized carbons (Fsp3) is 0.238. The van der Waals surface area contributed by atoms with Crippen LogP contribution in [0.3, 0.4) is 0 Å². The third-order valence-corrected chi connectivity index (χ3v) is 4.10. The molecule has 1 heterocycles. The minimum absolute atomic E-state index is 0.218. The van der Waals surface area contributed by atoms with Gasteiger partial charge in [-0.25, -0.2) is 9.07 Å². The molecule has 0 radical (unpaired) electrons. The van der Waals surface area contributed by atoms with Crippen molar-refractivity contribution in [3.05, 3.63) is 72.2 Å². The summed E-state index contributed by atoms with van der Waals surface area (Å²) in [5.41, 5.74) is 1.95. The van der Waals surface area contributed by atoms with E-state index in [9.17, 15) is 9.18 Å². The average Bonchev–Trinajstić information content (AvgIpc) is 3.08. The topological polar surface area (TPSA) is 46.9 Å². The SMILES string of the molecule is CC(C)CCNC(=O)c1cc(-c2ccccc2F)nn1-c1ccccc1. The molecule has 1 amide bonds. The van der Waals surface area contributed by atoms with E-state index in [4.69, 9.17) is 0 Å². The zero-order chi connectivity index (χ0) is 18.5. The average molecular weight is 351 g/mol. The van der Waals surface area contributed by atoms with Crippen LogP contribution in [0.1, 0.15) is 30.8 Å². The van der Waals surface area contributed by atoms with Gasteiger partial charge in [0.2, 0.25) is 0 Å². The summed E-state index contributed by atoms with van der Waals surface area (Å²) in [6, 6.07) is 17.4. The molecule has 0 bridgehead atoms. The summed E-state index contributed by atoms with van der Waals surface area (Å²) in [5, 5.41) is 7.42. The first-order chi connectivity index (χ1) is 12.6. The highest BCUT2D eigenvalue weighted by molar-refractivity contribution is 5.94. The molecule has 0 aliphatic carbocycles. The molecule has 0 unspecified atom stereocenters. The number of halogens is 1. The summed E-state index contributed by atoms with van der Waals surface area (Å²) in [7, 11) is 0. The Labute approximate surface area is 152 Å². The zero-order valence-corrected chi connectivity index (χ0v) is 14.9. The van der Waals surface area contributed by atoms with Crippen LogP contribution in [0, 0.1) is 11.7 Å². The number of amides is 1. The molecule has 2 aromatic carbocycles. The Morgan fingerprint density at radius 1 is 1.12 bits per heavy atom. The van der Waals surface area contributed by atoms with Gasteiger partial charge in [-0.05, 0) is 42.7 Å². The predicted octanol–water partition coefficient (Wildman–Crippen LogP) is 4.45. The Bertz CT molecular complexity index is 887. The van der Waals surface area contributed by atoms with Gasteiger partial charge in [0.1, 0.15) is 11.5 Å². The van der Waals surface area contributed by atoms with Crippen molar-refractivity contribution < 1.29 is 9.18 Å². The molecule has 26 heavy (non-hydrogen) atoms. The second-order valence-corrected chi connectivity index (χ2v) is 6.58. The van der Waals surface area contributed by atoms with Crippen LogP contribution in [0.5, 0.6) is 0 Å². The summed E-state index contributed by atoms with van der Waals surface area (Å²) in [6.45, 7) is 4.80. The molecule has 3 aromatic rings. The van der Waals surface area contributed by atoms with Crippen LogP contribution in [-0.2, 0) is 0 Å². The van der Waals surface area contributed by atoms with Crippen LogP contribution in [0.25, 0.3) is 16.9 Å². The van der Waals surface area contributed by atoms with Gasteiger partial charge < -0.3 is 5.32 Å². The molecule has 0 saturated heterocycles. The highest BCUT2D eigenvalue weighted by Crippen LogP contribution is 2.24. The summed E-state index contributed by atoms with van der Waals surface area (Å²) in [4.78, 5) is 12.7. The molecule has 4 nitrogen and oxygen atoms in total. The van der Waals surface area contributed by atoms with Crippen molar-refractivity contribution >= 4 is 5.91 Å². The van der Waals surface area contributed by atoms with Gasteiger partial charge in [0.25, 0.3) is 5.91 Å². The van der Waals surface area contributed by atoms with Crippen LogP contribution in [0.15, 0.2) is 60.7 Å². The van der Waals surface area contributed by atoms with Gasteiger partial charge in [-0.1, -0.05) is 44.2 Å². The monoisotopic (exact) mass is 351 g/mol. The number of hydrogen-bond acceptors (Lipinski definition) is 2. The molecule has 1 N–H and O–H groups in total. The first kappa shape index (κ1) is 17.9. The van der Waals surface area contributed by atoms with Crippen molar-refractivity contribution in [1.29, 1.82) is 0 Å². The van der Waals surface area contributed by atoms with E-state index in [0.717, 1.165) is 12.1 Å². The molecule has 0 fully saturated rings. The second kappa shape index (κ2) is 7.95. The van der Waals surface area contributed by atoms with Crippen molar-refractivity contribution in [2.45, 2.75) is 20.3 Å². The van der Waals surface area contributed by atoms with Crippen LogP contribution in [0.4, 0.5) is 4.39 Å². The Morgan fingerprint density at radius 2 is 1.81 bits per heavy atom. The van der Waals surface area contributed by atoms with Crippen molar-refractivity contribution in [3.63, 3.8) is 0 Å². The Kier molecular flexibility index (Phi) is 5.46. The lowest BCUT2D eigenvalue weighted by atomic mass is 10.1. The van der Waals surface area contributed by atoms with E-state index in [1.165, 1.54) is 6.07 Å². The van der Waals surface area contributed by atoms with Crippen molar-refractivity contribution in [3.8, 4) is 16.9 Å². The summed E-state index contributed by atoms with van der Waals surface area (Å²) in [5.74, 6) is -0.0788. The van der Waals surface area contributed by atoms with Gasteiger partial charge in [0.05, 0.1) is 11.4 Å². The molecule has 0 saturated carbocycles. The maximum absolute atomic E-state index is 14.2. The standard InChI is InChI=1S/C21H22FN3O/c1-15(2)12-13-23-21(26)20-14-19(17-10-6-7-11-18(17)22)24-25(20)16-8-4-3-5-9-16/h3-11,14-15H,12-13H2,1-2H3,(H,23,26). The molecular formula is C21H22FN3O. The van der Waals surface area contributed by atoms with Gasteiger partial charge in [0.15, 0.2) is 0 Å². The molecule has 0 spiro atoms. The third-order valence-electron chi connectivity index (χ3n) is 4.10. The lowest BCUT2D eigenvalue weighted by Crippen LogP contribution is -2.27. The number of rotatable bonds is 6. The fourth-order valence-electron chi connectivity index (χ4n) is 2.67. The van der Waals surface area contributed by atoms with Gasteiger partial charge in [-0.3, -0.25) is 4.79 Å². The number of benzene rings is 2. The summed E-state index contributed by atoms with van der Waals surface area (Å²) in [6.07, 6.45) is 0.894. The Morgan fingerprint density at radius 3 is 2.50 bits per heavy atom. The molecule has 5 heteroatoms. The molecule has 0 aliphatic heterocycles. The van der Waals surface area contributed by atoms with Gasteiger partial charge >= 0.3 is 0 Å². The smallest absolute Gasteiger partial charge is 0.270 e. The van der Waals surface area contributed by atoms with E-state index < -0.39 is 0 Å². The Balaban J connectivity index is 1.99. The molecule has 3 rings (SSSR count). The Hall–Kier alpha value is -2.95. The number of hydrogen-bond donors (Lipinski definition) is 1. The van der Waals surface area contributed by atoms with E-state index >= 15 is 0 Å². The molecule has 0 atom stereocenters. The van der Waals surface area contributed by atoms with Crippen LogP contribution < -0.4 is 5.32 Å². The van der Waals surface area contributed by atoms with E-state index in [1.54, 1.807) is 28.9 Å². The number of nitrogens with one attached hydrogen (secondary N) is 1. The number of nitrogens with zero attached hydrogens (tertiary/aromatic N) is 2. The van der Waals surface area contributed by atoms with Gasteiger partial charge in [-0.15, -0.1) is 0 Å². The van der Waals surface area contributed by atoms with Crippen molar-refractivity contribution in [1.82, 2.24) is 15.1 Å². The van der Waals surface area contributed by atoms with Gasteiger partial charge in [0, 0.05) is 12.1 Å². The first-order valence-electron chi connectivity index (χ1n) is 8.75. The number of carbonyl (C=O) groups is 1. The summed E-state index contributed by atoms with van der Waals surface area (Å²) >= 11 is 0.